The third kappa shape index (κ3) is 2.35. The van der Waals surface area contributed by atoms with Crippen LogP contribution in [0.25, 0.3) is 0 Å². The molecule has 18 heavy (non-hydrogen) atoms. The van der Waals surface area contributed by atoms with Gasteiger partial charge in [0.25, 0.3) is 0 Å². The maximum atomic E-state index is 6.32. The fourth-order valence-corrected chi connectivity index (χ4v) is 2.23. The zero-order valence-electron chi connectivity index (χ0n) is 10.5. The highest BCUT2D eigenvalue weighted by Gasteiger charge is 2.16. The summed E-state index contributed by atoms with van der Waals surface area (Å²) in [6.45, 7) is 1.98. The Morgan fingerprint density at radius 1 is 1.06 bits per heavy atom. The Hall–Kier alpha value is -1.51. The van der Waals surface area contributed by atoms with Crippen molar-refractivity contribution in [3.05, 3.63) is 64.2 Å². The van der Waals surface area contributed by atoms with Gasteiger partial charge in [0.05, 0.1) is 13.2 Å². The molecular formula is C15H16ClNO. The van der Waals surface area contributed by atoms with Crippen LogP contribution in [0.1, 0.15) is 22.7 Å². The molecule has 0 bridgehead atoms. The van der Waals surface area contributed by atoms with Crippen LogP contribution in [-0.2, 0) is 0 Å². The van der Waals surface area contributed by atoms with Gasteiger partial charge in [0.2, 0.25) is 0 Å². The lowest BCUT2D eigenvalue weighted by Gasteiger charge is -2.18. The lowest BCUT2D eigenvalue weighted by atomic mass is 9.95. The Morgan fingerprint density at radius 2 is 1.72 bits per heavy atom. The van der Waals surface area contributed by atoms with E-state index in [9.17, 15) is 0 Å². The molecule has 2 aromatic rings. The van der Waals surface area contributed by atoms with Crippen molar-refractivity contribution in [2.75, 3.05) is 7.11 Å². The van der Waals surface area contributed by atoms with E-state index in [0.717, 1.165) is 27.5 Å². The van der Waals surface area contributed by atoms with Gasteiger partial charge in [0.15, 0.2) is 0 Å². The number of rotatable bonds is 3. The van der Waals surface area contributed by atoms with E-state index < -0.39 is 0 Å². The second kappa shape index (κ2) is 5.42. The van der Waals surface area contributed by atoms with E-state index in [1.165, 1.54) is 0 Å². The van der Waals surface area contributed by atoms with Crippen LogP contribution >= 0.6 is 11.6 Å². The van der Waals surface area contributed by atoms with Gasteiger partial charge < -0.3 is 10.5 Å². The van der Waals surface area contributed by atoms with E-state index in [-0.39, 0.29) is 6.04 Å². The quantitative estimate of drug-likeness (QED) is 0.914. The average molecular weight is 262 g/mol. The summed E-state index contributed by atoms with van der Waals surface area (Å²) in [6, 6.07) is 13.3. The molecule has 0 aliphatic rings. The molecule has 2 aromatic carbocycles. The molecule has 0 aromatic heterocycles. The number of ether oxygens (including phenoxy) is 1. The first-order valence-corrected chi connectivity index (χ1v) is 6.16. The van der Waals surface area contributed by atoms with Crippen molar-refractivity contribution in [2.24, 2.45) is 5.73 Å². The van der Waals surface area contributed by atoms with Crippen LogP contribution in [0.4, 0.5) is 0 Å². The third-order valence-corrected chi connectivity index (χ3v) is 3.53. The lowest BCUT2D eigenvalue weighted by Crippen LogP contribution is -2.14. The zero-order chi connectivity index (χ0) is 13.1. The Balaban J connectivity index is 2.48. The number of para-hydroxylation sites is 1. The van der Waals surface area contributed by atoms with E-state index >= 15 is 0 Å². The largest absolute Gasteiger partial charge is 0.496 e. The molecule has 0 saturated carbocycles. The molecule has 2 nitrogen and oxygen atoms in total. The second-order valence-corrected chi connectivity index (χ2v) is 4.58. The molecule has 94 valence electrons. The van der Waals surface area contributed by atoms with Crippen molar-refractivity contribution in [3.63, 3.8) is 0 Å². The monoisotopic (exact) mass is 261 g/mol. The molecule has 0 radical (unpaired) electrons. The van der Waals surface area contributed by atoms with Gasteiger partial charge in [0, 0.05) is 10.6 Å². The summed E-state index contributed by atoms with van der Waals surface area (Å²) in [7, 11) is 1.65. The summed E-state index contributed by atoms with van der Waals surface area (Å²) >= 11 is 6.13. The molecule has 0 heterocycles. The standard InChI is InChI=1S/C15H16ClNO/c1-10-11(7-5-8-13(10)16)15(17)12-6-3-4-9-14(12)18-2/h3-9,15H,17H2,1-2H3. The third-order valence-electron chi connectivity index (χ3n) is 3.12. The number of hydrogen-bond donors (Lipinski definition) is 1. The van der Waals surface area contributed by atoms with Crippen LogP contribution in [-0.4, -0.2) is 7.11 Å². The van der Waals surface area contributed by atoms with Crippen LogP contribution in [0, 0.1) is 6.92 Å². The van der Waals surface area contributed by atoms with Gasteiger partial charge in [0.1, 0.15) is 5.75 Å². The molecule has 1 atom stereocenters. The van der Waals surface area contributed by atoms with Gasteiger partial charge in [-0.05, 0) is 30.2 Å². The van der Waals surface area contributed by atoms with Crippen LogP contribution in [0.3, 0.4) is 0 Å². The molecule has 0 aliphatic heterocycles. The maximum Gasteiger partial charge on any atom is 0.123 e. The number of nitrogens with two attached hydrogens (primary N) is 1. The number of benzene rings is 2. The average Bonchev–Trinajstić information content (AvgIpc) is 2.41. The molecule has 0 aliphatic carbocycles. The van der Waals surface area contributed by atoms with Gasteiger partial charge >= 0.3 is 0 Å². The van der Waals surface area contributed by atoms with E-state index in [1.54, 1.807) is 7.11 Å². The van der Waals surface area contributed by atoms with E-state index in [2.05, 4.69) is 0 Å². The van der Waals surface area contributed by atoms with Gasteiger partial charge in [-0.15, -0.1) is 0 Å². The Labute approximate surface area is 112 Å². The molecular weight excluding hydrogens is 246 g/mol. The van der Waals surface area contributed by atoms with Gasteiger partial charge in [-0.25, -0.2) is 0 Å². The summed E-state index contributed by atoms with van der Waals surface area (Å²) < 4.78 is 5.35. The van der Waals surface area contributed by atoms with Crippen molar-refractivity contribution in [2.45, 2.75) is 13.0 Å². The molecule has 0 fully saturated rings. The number of methoxy groups -OCH3 is 1. The Kier molecular flexibility index (Phi) is 3.90. The molecule has 3 heteroatoms. The van der Waals surface area contributed by atoms with Crippen molar-refractivity contribution in [1.82, 2.24) is 0 Å². The minimum Gasteiger partial charge on any atom is -0.496 e. The van der Waals surface area contributed by atoms with Crippen LogP contribution in [0.2, 0.25) is 5.02 Å². The van der Waals surface area contributed by atoms with Gasteiger partial charge in [-0.1, -0.05) is 41.9 Å². The Bertz CT molecular complexity index is 554. The molecule has 2 N–H and O–H groups in total. The highest BCUT2D eigenvalue weighted by atomic mass is 35.5. The predicted octanol–water partition coefficient (Wildman–Crippen LogP) is 3.71. The summed E-state index contributed by atoms with van der Waals surface area (Å²) in [6.07, 6.45) is 0. The molecule has 0 saturated heterocycles. The molecule has 0 amide bonds. The van der Waals surface area contributed by atoms with Crippen LogP contribution < -0.4 is 10.5 Å². The molecule has 1 unspecified atom stereocenters. The summed E-state index contributed by atoms with van der Waals surface area (Å²) in [5.41, 5.74) is 9.32. The van der Waals surface area contributed by atoms with Crippen LogP contribution in [0.15, 0.2) is 42.5 Å². The van der Waals surface area contributed by atoms with Crippen LogP contribution in [0.5, 0.6) is 5.75 Å². The summed E-state index contributed by atoms with van der Waals surface area (Å²) in [5.74, 6) is 0.796. The minimum absolute atomic E-state index is 0.236. The topological polar surface area (TPSA) is 35.2 Å². The first-order valence-electron chi connectivity index (χ1n) is 5.78. The van der Waals surface area contributed by atoms with Crippen molar-refractivity contribution in [1.29, 1.82) is 0 Å². The maximum absolute atomic E-state index is 6.32. The summed E-state index contributed by atoms with van der Waals surface area (Å²) in [5, 5.41) is 0.734. The van der Waals surface area contributed by atoms with Gasteiger partial charge in [-0.2, -0.15) is 0 Å². The van der Waals surface area contributed by atoms with E-state index in [4.69, 9.17) is 22.1 Å². The minimum atomic E-state index is -0.236. The highest BCUT2D eigenvalue weighted by molar-refractivity contribution is 6.31. The fourth-order valence-electron chi connectivity index (χ4n) is 2.05. The summed E-state index contributed by atoms with van der Waals surface area (Å²) in [4.78, 5) is 0. The second-order valence-electron chi connectivity index (χ2n) is 4.17. The van der Waals surface area contributed by atoms with Crippen molar-refractivity contribution < 1.29 is 4.74 Å². The predicted molar refractivity (Wildman–Crippen MR) is 75.2 cm³/mol. The molecule has 0 spiro atoms. The van der Waals surface area contributed by atoms with E-state index in [0.29, 0.717) is 0 Å². The number of halogens is 1. The fraction of sp³-hybridized carbons (Fsp3) is 0.200. The number of hydrogen-bond acceptors (Lipinski definition) is 2. The zero-order valence-corrected chi connectivity index (χ0v) is 11.2. The SMILES string of the molecule is COc1ccccc1C(N)c1cccc(Cl)c1C. The first kappa shape index (κ1) is 12.9. The van der Waals surface area contributed by atoms with Gasteiger partial charge in [-0.3, -0.25) is 0 Å². The lowest BCUT2D eigenvalue weighted by molar-refractivity contribution is 0.408. The van der Waals surface area contributed by atoms with Crippen molar-refractivity contribution >= 4 is 11.6 Å². The van der Waals surface area contributed by atoms with E-state index in [1.807, 2.05) is 49.4 Å². The Morgan fingerprint density at radius 3 is 2.44 bits per heavy atom. The first-order chi connectivity index (χ1) is 8.65. The smallest absolute Gasteiger partial charge is 0.123 e. The molecule has 2 rings (SSSR count). The van der Waals surface area contributed by atoms with Crippen molar-refractivity contribution in [3.8, 4) is 5.75 Å². The highest BCUT2D eigenvalue weighted by Crippen LogP contribution is 2.31. The normalized spacial score (nSPS) is 12.2.